The van der Waals surface area contributed by atoms with E-state index in [2.05, 4.69) is 33.5 Å². The van der Waals surface area contributed by atoms with Gasteiger partial charge in [0.05, 0.1) is 11.8 Å². The fourth-order valence-electron chi connectivity index (χ4n) is 1.25. The molecule has 0 bridgehead atoms. The van der Waals surface area contributed by atoms with Gasteiger partial charge in [-0.1, -0.05) is 43.0 Å². The lowest BCUT2D eigenvalue weighted by Gasteiger charge is -2.27. The number of hydrogen-bond acceptors (Lipinski definition) is 7. The molecule has 0 aliphatic heterocycles. The molecule has 0 radical (unpaired) electrons. The Morgan fingerprint density at radius 3 is 2.90 bits per heavy atom. The number of carbonyl (C=O) groups excluding carboxylic acids is 1. The normalized spacial score (nSPS) is 13.3. The predicted octanol–water partition coefficient (Wildman–Crippen LogP) is 2.28. The number of thioether (sulfide) groups is 1. The zero-order chi connectivity index (χ0) is 15.9. The quantitative estimate of drug-likeness (QED) is 0.563. The number of amides is 1. The summed E-state index contributed by atoms with van der Waals surface area (Å²) in [5, 5.41) is 23.6. The van der Waals surface area contributed by atoms with Crippen LogP contribution in [-0.4, -0.2) is 33.9 Å². The van der Waals surface area contributed by atoms with E-state index in [0.717, 1.165) is 0 Å². The third kappa shape index (κ3) is 5.36. The van der Waals surface area contributed by atoms with Crippen LogP contribution in [0.25, 0.3) is 0 Å². The molecule has 6 nitrogen and oxygen atoms in total. The van der Waals surface area contributed by atoms with E-state index in [-0.39, 0.29) is 17.6 Å². The summed E-state index contributed by atoms with van der Waals surface area (Å²) < 4.78 is 0.708. The topological polar surface area (TPSA) is 90.7 Å². The van der Waals surface area contributed by atoms with Gasteiger partial charge in [0.1, 0.15) is 5.54 Å². The number of nitrogens with one attached hydrogen (secondary N) is 2. The van der Waals surface area contributed by atoms with Crippen LogP contribution in [0.4, 0.5) is 5.13 Å². The maximum atomic E-state index is 11.9. The Balaban J connectivity index is 2.48. The molecule has 1 atom stereocenters. The van der Waals surface area contributed by atoms with Crippen molar-refractivity contribution in [3.63, 3.8) is 0 Å². The van der Waals surface area contributed by atoms with Crippen molar-refractivity contribution in [3.8, 4) is 6.07 Å². The van der Waals surface area contributed by atoms with E-state index in [1.807, 2.05) is 13.8 Å². The molecule has 0 unspecified atom stereocenters. The third-order valence-electron chi connectivity index (χ3n) is 2.92. The molecule has 2 N–H and O–H groups in total. The van der Waals surface area contributed by atoms with Crippen LogP contribution >= 0.6 is 23.1 Å². The summed E-state index contributed by atoms with van der Waals surface area (Å²) in [7, 11) is 0. The minimum absolute atomic E-state index is 0.0349. The fourth-order valence-corrected chi connectivity index (χ4v) is 2.81. The number of aromatic nitrogens is 2. The Hall–Kier alpha value is -1.59. The molecule has 114 valence electrons. The molecule has 21 heavy (non-hydrogen) atoms. The lowest BCUT2D eigenvalue weighted by atomic mass is 9.90. The van der Waals surface area contributed by atoms with Gasteiger partial charge >= 0.3 is 0 Å². The lowest BCUT2D eigenvalue weighted by Crippen LogP contribution is -2.49. The van der Waals surface area contributed by atoms with Gasteiger partial charge in [0.2, 0.25) is 11.0 Å². The van der Waals surface area contributed by atoms with Gasteiger partial charge in [0.15, 0.2) is 4.34 Å². The molecule has 8 heteroatoms. The van der Waals surface area contributed by atoms with Crippen LogP contribution in [0.1, 0.15) is 20.8 Å². The number of nitrogens with zero attached hydrogens (tertiary/aromatic N) is 3. The first-order chi connectivity index (χ1) is 9.91. The minimum Gasteiger partial charge on any atom is -0.357 e. The number of carbonyl (C=O) groups is 1. The van der Waals surface area contributed by atoms with Gasteiger partial charge in [-0.05, 0) is 12.8 Å². The average Bonchev–Trinajstić information content (AvgIpc) is 2.90. The van der Waals surface area contributed by atoms with Crippen LogP contribution in [0.3, 0.4) is 0 Å². The molecular formula is C13H19N5OS2. The summed E-state index contributed by atoms with van der Waals surface area (Å²) in [6.45, 7) is 9.76. The van der Waals surface area contributed by atoms with Crippen LogP contribution in [0.2, 0.25) is 0 Å². The van der Waals surface area contributed by atoms with Crippen molar-refractivity contribution in [3.05, 3.63) is 12.7 Å². The van der Waals surface area contributed by atoms with Crippen molar-refractivity contribution in [2.45, 2.75) is 30.6 Å². The van der Waals surface area contributed by atoms with E-state index in [0.29, 0.717) is 16.0 Å². The number of anilines is 1. The molecule has 0 spiro atoms. The van der Waals surface area contributed by atoms with Gasteiger partial charge in [0.25, 0.3) is 0 Å². The lowest BCUT2D eigenvalue weighted by molar-refractivity contribution is -0.120. The van der Waals surface area contributed by atoms with Crippen molar-refractivity contribution in [1.82, 2.24) is 15.5 Å². The summed E-state index contributed by atoms with van der Waals surface area (Å²) in [6.07, 6.45) is 1.73. The van der Waals surface area contributed by atoms with Crippen molar-refractivity contribution < 1.29 is 4.79 Å². The van der Waals surface area contributed by atoms with Gasteiger partial charge in [0, 0.05) is 6.54 Å². The van der Waals surface area contributed by atoms with Crippen LogP contribution in [0, 0.1) is 17.2 Å². The summed E-state index contributed by atoms with van der Waals surface area (Å²) in [5.41, 5.74) is -0.852. The van der Waals surface area contributed by atoms with Gasteiger partial charge < -0.3 is 10.6 Å². The largest absolute Gasteiger partial charge is 0.357 e. The second-order valence-corrected chi connectivity index (χ2v) is 7.05. The van der Waals surface area contributed by atoms with E-state index in [1.165, 1.54) is 23.1 Å². The monoisotopic (exact) mass is 325 g/mol. The Morgan fingerprint density at radius 1 is 1.62 bits per heavy atom. The number of rotatable bonds is 8. The van der Waals surface area contributed by atoms with E-state index in [9.17, 15) is 4.79 Å². The smallest absolute Gasteiger partial charge is 0.231 e. The molecule has 0 fully saturated rings. The SMILES string of the molecule is C=CCNc1nnc(SCC(=O)N[C@@](C)(C#N)C(C)C)s1. The molecule has 0 aliphatic rings. The van der Waals surface area contributed by atoms with Crippen LogP contribution < -0.4 is 10.6 Å². The minimum atomic E-state index is -0.852. The Kier molecular flexibility index (Phi) is 6.65. The molecule has 0 aliphatic carbocycles. The second kappa shape index (κ2) is 8.00. The Labute approximate surface area is 133 Å². The summed E-state index contributed by atoms with van der Waals surface area (Å²) in [4.78, 5) is 11.9. The summed E-state index contributed by atoms with van der Waals surface area (Å²) >= 11 is 2.69. The third-order valence-corrected chi connectivity index (χ3v) is 4.93. The number of hydrogen-bond donors (Lipinski definition) is 2. The maximum absolute atomic E-state index is 11.9. The standard InChI is InChI=1S/C13H19N5OS2/c1-5-6-15-11-17-18-12(21-11)20-7-10(19)16-13(4,8-14)9(2)3/h5,9H,1,6-7H2,2-4H3,(H,15,17)(H,16,19)/t13-/m0/s1. The second-order valence-electron chi connectivity index (χ2n) is 4.85. The first kappa shape index (κ1) is 17.5. The summed E-state index contributed by atoms with van der Waals surface area (Å²) in [6, 6.07) is 2.15. The van der Waals surface area contributed by atoms with Crippen molar-refractivity contribution >= 4 is 34.1 Å². The molecule has 1 heterocycles. The highest BCUT2D eigenvalue weighted by atomic mass is 32.2. The highest BCUT2D eigenvalue weighted by Gasteiger charge is 2.29. The van der Waals surface area contributed by atoms with E-state index in [1.54, 1.807) is 13.0 Å². The van der Waals surface area contributed by atoms with Crippen molar-refractivity contribution in [2.24, 2.45) is 5.92 Å². The Bertz CT molecular complexity index is 537. The molecule has 0 aromatic carbocycles. The molecule has 1 rings (SSSR count). The first-order valence-corrected chi connectivity index (χ1v) is 8.25. The van der Waals surface area contributed by atoms with Crippen LogP contribution in [0.15, 0.2) is 17.0 Å². The molecular weight excluding hydrogens is 306 g/mol. The van der Waals surface area contributed by atoms with E-state index < -0.39 is 5.54 Å². The molecule has 1 aromatic heterocycles. The Morgan fingerprint density at radius 2 is 2.33 bits per heavy atom. The number of nitriles is 1. The van der Waals surface area contributed by atoms with E-state index in [4.69, 9.17) is 5.26 Å². The molecule has 0 saturated carbocycles. The van der Waals surface area contributed by atoms with Crippen LogP contribution in [-0.2, 0) is 4.79 Å². The van der Waals surface area contributed by atoms with Crippen molar-refractivity contribution in [1.29, 1.82) is 5.26 Å². The molecule has 1 amide bonds. The van der Waals surface area contributed by atoms with Gasteiger partial charge in [-0.2, -0.15) is 5.26 Å². The molecule has 0 saturated heterocycles. The van der Waals surface area contributed by atoms with Gasteiger partial charge in [-0.3, -0.25) is 4.79 Å². The van der Waals surface area contributed by atoms with Gasteiger partial charge in [-0.15, -0.1) is 16.8 Å². The van der Waals surface area contributed by atoms with Gasteiger partial charge in [-0.25, -0.2) is 0 Å². The first-order valence-electron chi connectivity index (χ1n) is 6.44. The predicted molar refractivity (Wildman–Crippen MR) is 86.3 cm³/mol. The highest BCUT2D eigenvalue weighted by Crippen LogP contribution is 2.25. The zero-order valence-electron chi connectivity index (χ0n) is 12.3. The van der Waals surface area contributed by atoms with E-state index >= 15 is 0 Å². The maximum Gasteiger partial charge on any atom is 0.231 e. The molecule has 1 aromatic rings. The fraction of sp³-hybridized carbons (Fsp3) is 0.538. The van der Waals surface area contributed by atoms with Crippen molar-refractivity contribution in [2.75, 3.05) is 17.6 Å². The summed E-state index contributed by atoms with van der Waals surface area (Å²) in [5.74, 6) is 0.0568. The highest BCUT2D eigenvalue weighted by molar-refractivity contribution is 8.01. The zero-order valence-corrected chi connectivity index (χ0v) is 14.0. The average molecular weight is 325 g/mol. The van der Waals surface area contributed by atoms with Crippen LogP contribution in [0.5, 0.6) is 0 Å².